The van der Waals surface area contributed by atoms with E-state index in [2.05, 4.69) is 4.99 Å². The number of rotatable bonds is 3. The fraction of sp³-hybridized carbons (Fsp3) is 0.111. The molecule has 0 aliphatic heterocycles. The Morgan fingerprint density at radius 2 is 2.00 bits per heavy atom. The lowest BCUT2D eigenvalue weighted by molar-refractivity contribution is -0.113. The highest BCUT2D eigenvalue weighted by Gasteiger charge is 2.12. The third-order valence-corrected chi connectivity index (χ3v) is 4.46. The average molecular weight is 344 g/mol. The molecule has 1 amide bonds. The van der Waals surface area contributed by atoms with Crippen molar-refractivity contribution < 1.29 is 13.6 Å². The van der Waals surface area contributed by atoms with Crippen molar-refractivity contribution in [2.45, 2.75) is 13.5 Å². The number of fused-ring (bicyclic) bond motifs is 1. The number of carbonyl (C=O) groups is 1. The van der Waals surface area contributed by atoms with Crippen molar-refractivity contribution in [3.05, 3.63) is 70.5 Å². The van der Waals surface area contributed by atoms with Gasteiger partial charge in [0.1, 0.15) is 5.82 Å². The fourth-order valence-electron chi connectivity index (χ4n) is 2.37. The summed E-state index contributed by atoms with van der Waals surface area (Å²) in [5.74, 6) is -1.75. The SMILES string of the molecule is CCn1c(=NC(=O)C=Cc2ccccc2)sc2cc(F)cc(F)c21. The molecule has 0 aliphatic carbocycles. The second-order valence-corrected chi connectivity index (χ2v) is 6.07. The summed E-state index contributed by atoms with van der Waals surface area (Å²) in [5, 5.41) is 0. The number of nitrogens with zero attached hydrogens (tertiary/aromatic N) is 2. The van der Waals surface area contributed by atoms with Crippen LogP contribution in [0.3, 0.4) is 0 Å². The van der Waals surface area contributed by atoms with Gasteiger partial charge >= 0.3 is 0 Å². The maximum Gasteiger partial charge on any atom is 0.272 e. The topological polar surface area (TPSA) is 34.4 Å². The van der Waals surface area contributed by atoms with Gasteiger partial charge in [-0.2, -0.15) is 4.99 Å². The van der Waals surface area contributed by atoms with E-state index in [0.717, 1.165) is 23.0 Å². The summed E-state index contributed by atoms with van der Waals surface area (Å²) in [6, 6.07) is 11.5. The Balaban J connectivity index is 2.02. The molecule has 3 nitrogen and oxygen atoms in total. The standard InChI is InChI=1S/C18H14F2N2OS/c1-2-22-17-14(20)10-13(19)11-15(17)24-18(22)21-16(23)9-8-12-6-4-3-5-7-12/h3-11H,2H2,1H3. The van der Waals surface area contributed by atoms with Gasteiger partial charge in [-0.15, -0.1) is 0 Å². The lowest BCUT2D eigenvalue weighted by Gasteiger charge is -2.01. The molecule has 6 heteroatoms. The van der Waals surface area contributed by atoms with Crippen LogP contribution in [-0.4, -0.2) is 10.5 Å². The summed E-state index contributed by atoms with van der Waals surface area (Å²) in [7, 11) is 0. The van der Waals surface area contributed by atoms with E-state index in [1.165, 1.54) is 12.1 Å². The van der Waals surface area contributed by atoms with Crippen LogP contribution in [0.4, 0.5) is 8.78 Å². The van der Waals surface area contributed by atoms with Gasteiger partial charge in [-0.3, -0.25) is 4.79 Å². The first-order valence-corrected chi connectivity index (χ1v) is 8.20. The maximum atomic E-state index is 14.0. The van der Waals surface area contributed by atoms with Crippen LogP contribution in [0.1, 0.15) is 12.5 Å². The van der Waals surface area contributed by atoms with Crippen molar-refractivity contribution in [3.63, 3.8) is 0 Å². The van der Waals surface area contributed by atoms with Crippen LogP contribution in [-0.2, 0) is 11.3 Å². The van der Waals surface area contributed by atoms with Crippen molar-refractivity contribution in [1.29, 1.82) is 0 Å². The normalized spacial score (nSPS) is 12.4. The quantitative estimate of drug-likeness (QED) is 0.658. The van der Waals surface area contributed by atoms with E-state index in [1.54, 1.807) is 10.6 Å². The number of aryl methyl sites for hydroxylation is 1. The predicted molar refractivity (Wildman–Crippen MR) is 91.5 cm³/mol. The zero-order valence-corrected chi connectivity index (χ0v) is 13.7. The number of halogens is 2. The van der Waals surface area contributed by atoms with Crippen molar-refractivity contribution in [2.24, 2.45) is 4.99 Å². The van der Waals surface area contributed by atoms with Gasteiger partial charge < -0.3 is 4.57 Å². The lowest BCUT2D eigenvalue weighted by atomic mass is 10.2. The Labute approximate surface area is 141 Å². The van der Waals surface area contributed by atoms with E-state index >= 15 is 0 Å². The fourth-order valence-corrected chi connectivity index (χ4v) is 3.51. The molecule has 0 N–H and O–H groups in total. The highest BCUT2D eigenvalue weighted by atomic mass is 32.1. The molecular weight excluding hydrogens is 330 g/mol. The Kier molecular flexibility index (Phi) is 4.66. The molecule has 24 heavy (non-hydrogen) atoms. The van der Waals surface area contributed by atoms with Gasteiger partial charge in [0, 0.05) is 18.7 Å². The minimum Gasteiger partial charge on any atom is -0.314 e. The first-order valence-electron chi connectivity index (χ1n) is 7.38. The smallest absolute Gasteiger partial charge is 0.272 e. The summed E-state index contributed by atoms with van der Waals surface area (Å²) in [5.41, 5.74) is 1.15. The second kappa shape index (κ2) is 6.88. The van der Waals surface area contributed by atoms with E-state index in [0.29, 0.717) is 16.0 Å². The van der Waals surface area contributed by atoms with E-state index in [9.17, 15) is 13.6 Å². The van der Waals surface area contributed by atoms with Crippen LogP contribution >= 0.6 is 11.3 Å². The molecule has 2 aromatic carbocycles. The van der Waals surface area contributed by atoms with Gasteiger partial charge in [0.2, 0.25) is 0 Å². The highest BCUT2D eigenvalue weighted by Crippen LogP contribution is 2.22. The minimum absolute atomic E-state index is 0.266. The van der Waals surface area contributed by atoms with Crippen LogP contribution in [0, 0.1) is 11.6 Å². The molecule has 0 saturated heterocycles. The number of amides is 1. The summed E-state index contributed by atoms with van der Waals surface area (Å²) >= 11 is 1.09. The highest BCUT2D eigenvalue weighted by molar-refractivity contribution is 7.16. The Morgan fingerprint density at radius 1 is 1.25 bits per heavy atom. The molecule has 3 aromatic rings. The van der Waals surface area contributed by atoms with Gasteiger partial charge in [0.25, 0.3) is 5.91 Å². The van der Waals surface area contributed by atoms with Crippen molar-refractivity contribution in [2.75, 3.05) is 0 Å². The minimum atomic E-state index is -0.656. The molecule has 0 aliphatic rings. The Bertz CT molecular complexity index is 987. The first kappa shape index (κ1) is 16.3. The second-order valence-electron chi connectivity index (χ2n) is 5.06. The molecule has 0 saturated carbocycles. The molecule has 122 valence electrons. The zero-order valence-electron chi connectivity index (χ0n) is 12.9. The monoisotopic (exact) mass is 344 g/mol. The van der Waals surface area contributed by atoms with Crippen LogP contribution in [0.5, 0.6) is 0 Å². The van der Waals surface area contributed by atoms with E-state index in [4.69, 9.17) is 0 Å². The third kappa shape index (κ3) is 3.33. The summed E-state index contributed by atoms with van der Waals surface area (Å²) in [4.78, 5) is 16.4. The number of aromatic nitrogens is 1. The lowest BCUT2D eigenvalue weighted by Crippen LogP contribution is -2.15. The molecule has 0 radical (unpaired) electrons. The molecular formula is C18H14F2N2OS. The van der Waals surface area contributed by atoms with Gasteiger partial charge in [-0.05, 0) is 24.6 Å². The maximum absolute atomic E-state index is 14.0. The number of carbonyl (C=O) groups excluding carboxylic acids is 1. The van der Waals surface area contributed by atoms with Gasteiger partial charge in [-0.1, -0.05) is 41.7 Å². The molecule has 1 heterocycles. The molecule has 0 fully saturated rings. The Hall–Kier alpha value is -2.60. The first-order chi connectivity index (χ1) is 11.6. The van der Waals surface area contributed by atoms with Crippen LogP contribution in [0.15, 0.2) is 53.5 Å². The predicted octanol–water partition coefficient (Wildman–Crippen LogP) is 4.14. The molecule has 0 unspecified atom stereocenters. The summed E-state index contributed by atoms with van der Waals surface area (Å²) in [6.07, 6.45) is 3.02. The third-order valence-electron chi connectivity index (χ3n) is 3.44. The number of hydrogen-bond donors (Lipinski definition) is 0. The molecule has 3 rings (SSSR count). The van der Waals surface area contributed by atoms with Crippen LogP contribution in [0.2, 0.25) is 0 Å². The van der Waals surface area contributed by atoms with Crippen LogP contribution < -0.4 is 4.80 Å². The number of benzene rings is 2. The van der Waals surface area contributed by atoms with Crippen molar-refractivity contribution in [3.8, 4) is 0 Å². The van der Waals surface area contributed by atoms with Crippen LogP contribution in [0.25, 0.3) is 16.3 Å². The molecule has 0 atom stereocenters. The van der Waals surface area contributed by atoms with Crippen molar-refractivity contribution in [1.82, 2.24) is 4.57 Å². The largest absolute Gasteiger partial charge is 0.314 e. The van der Waals surface area contributed by atoms with E-state index in [1.807, 2.05) is 37.3 Å². The van der Waals surface area contributed by atoms with Gasteiger partial charge in [-0.25, -0.2) is 8.78 Å². The molecule has 1 aromatic heterocycles. The Morgan fingerprint density at radius 3 is 2.71 bits per heavy atom. The van der Waals surface area contributed by atoms with Gasteiger partial charge in [0.15, 0.2) is 10.6 Å². The molecule has 0 spiro atoms. The summed E-state index contributed by atoms with van der Waals surface area (Å²) in [6.45, 7) is 2.25. The zero-order chi connectivity index (χ0) is 17.1. The molecule has 0 bridgehead atoms. The number of thiazole rings is 1. The van der Waals surface area contributed by atoms with E-state index < -0.39 is 17.5 Å². The van der Waals surface area contributed by atoms with Crippen molar-refractivity contribution >= 4 is 33.5 Å². The number of hydrogen-bond acceptors (Lipinski definition) is 2. The van der Waals surface area contributed by atoms with Gasteiger partial charge in [0.05, 0.1) is 10.2 Å². The van der Waals surface area contributed by atoms with E-state index in [-0.39, 0.29) is 5.52 Å². The average Bonchev–Trinajstić information content (AvgIpc) is 2.91. The summed E-state index contributed by atoms with van der Waals surface area (Å²) < 4.78 is 29.4.